The minimum Gasteiger partial charge on any atom is -0.497 e. The lowest BCUT2D eigenvalue weighted by Gasteiger charge is -2.51. The van der Waals surface area contributed by atoms with Crippen LogP contribution in [-0.4, -0.2) is 36.1 Å². The number of benzene rings is 1. The molecule has 2 N–H and O–H groups in total. The topological polar surface area (TPSA) is 51.4 Å². The molecule has 0 aliphatic carbocycles. The van der Waals surface area contributed by atoms with E-state index in [4.69, 9.17) is 15.5 Å². The Morgan fingerprint density at radius 2 is 2.11 bits per heavy atom. The second kappa shape index (κ2) is 7.16. The molecular weight excluding hydrogens is 346 g/mol. The Balaban J connectivity index is 1.79. The number of hydrogen-bond donors (Lipinski definition) is 1. The number of fused-ring (bicyclic) bond motifs is 4. The normalized spacial score (nSPS) is 28.3. The number of pyridine rings is 1. The van der Waals surface area contributed by atoms with E-state index in [-0.39, 0.29) is 11.5 Å². The van der Waals surface area contributed by atoms with Crippen LogP contribution < -0.4 is 10.5 Å². The molecule has 3 fully saturated rings. The first-order valence-electron chi connectivity index (χ1n) is 10.4. The first-order valence-corrected chi connectivity index (χ1v) is 10.4. The summed E-state index contributed by atoms with van der Waals surface area (Å²) >= 11 is 0. The van der Waals surface area contributed by atoms with Crippen molar-refractivity contribution in [2.45, 2.75) is 51.1 Å². The lowest BCUT2D eigenvalue weighted by molar-refractivity contribution is 0.00747. The number of rotatable bonds is 4. The summed E-state index contributed by atoms with van der Waals surface area (Å²) in [4.78, 5) is 7.53. The molecular formula is C24H33N3O. The van der Waals surface area contributed by atoms with Crippen molar-refractivity contribution in [1.29, 1.82) is 0 Å². The average molecular weight is 380 g/mol. The van der Waals surface area contributed by atoms with E-state index >= 15 is 0 Å². The maximum absolute atomic E-state index is 6.98. The van der Waals surface area contributed by atoms with Crippen LogP contribution in [-0.2, 0) is 5.41 Å². The largest absolute Gasteiger partial charge is 0.497 e. The van der Waals surface area contributed by atoms with Crippen molar-refractivity contribution in [2.24, 2.45) is 17.6 Å². The number of methoxy groups -OCH3 is 1. The van der Waals surface area contributed by atoms with E-state index in [1.807, 2.05) is 6.07 Å². The molecule has 4 heteroatoms. The van der Waals surface area contributed by atoms with Gasteiger partial charge in [-0.25, -0.2) is 0 Å². The van der Waals surface area contributed by atoms with Gasteiger partial charge in [0.2, 0.25) is 0 Å². The van der Waals surface area contributed by atoms with Gasteiger partial charge in [-0.2, -0.15) is 0 Å². The van der Waals surface area contributed by atoms with E-state index in [1.165, 1.54) is 12.0 Å². The fraction of sp³-hybridized carbons (Fsp3) is 0.542. The third-order valence-electron chi connectivity index (χ3n) is 6.74. The molecule has 0 saturated carbocycles. The highest BCUT2D eigenvalue weighted by molar-refractivity contribution is 5.84. The Morgan fingerprint density at radius 3 is 2.71 bits per heavy atom. The van der Waals surface area contributed by atoms with Crippen molar-refractivity contribution in [3.8, 4) is 5.75 Å². The van der Waals surface area contributed by atoms with E-state index in [0.717, 1.165) is 41.9 Å². The van der Waals surface area contributed by atoms with Crippen LogP contribution in [0.2, 0.25) is 0 Å². The maximum atomic E-state index is 6.98. The van der Waals surface area contributed by atoms with Crippen molar-refractivity contribution in [3.05, 3.63) is 48.2 Å². The summed E-state index contributed by atoms with van der Waals surface area (Å²) in [6, 6.07) is 8.71. The lowest BCUT2D eigenvalue weighted by Crippen LogP contribution is -2.56. The van der Waals surface area contributed by atoms with Crippen LogP contribution in [0.1, 0.15) is 50.9 Å². The van der Waals surface area contributed by atoms with Crippen molar-refractivity contribution in [2.75, 3.05) is 20.2 Å². The van der Waals surface area contributed by atoms with Crippen LogP contribution in [0.3, 0.4) is 0 Å². The van der Waals surface area contributed by atoms with Crippen LogP contribution in [0.4, 0.5) is 0 Å². The zero-order valence-electron chi connectivity index (χ0n) is 17.6. The SMILES string of the molecule is C=C[C@H]1CN2CC[C@H]1C[C@H]2[C@@H](N)c1cc(C(C)(C)C)nc2ccc(OC)cc12. The Morgan fingerprint density at radius 1 is 1.32 bits per heavy atom. The summed E-state index contributed by atoms with van der Waals surface area (Å²) < 4.78 is 5.49. The minimum absolute atomic E-state index is 0.0254. The highest BCUT2D eigenvalue weighted by Crippen LogP contribution is 2.42. The monoisotopic (exact) mass is 379 g/mol. The predicted octanol–water partition coefficient (Wildman–Crippen LogP) is 4.44. The van der Waals surface area contributed by atoms with E-state index in [0.29, 0.717) is 17.9 Å². The summed E-state index contributed by atoms with van der Waals surface area (Å²) in [5, 5.41) is 1.11. The summed E-state index contributed by atoms with van der Waals surface area (Å²) in [7, 11) is 1.71. The van der Waals surface area contributed by atoms with Crippen molar-refractivity contribution < 1.29 is 4.74 Å². The standard InChI is InChI=1S/C24H33N3O/c1-6-15-14-27-10-9-16(15)11-21(27)23(25)19-13-22(24(2,3)4)26-20-8-7-17(28-5)12-18(19)20/h6-8,12-13,15-16,21,23H,1,9-11,14,25H2,2-5H3/t15-,16-,21-,23-/m0/s1. The molecule has 3 saturated heterocycles. The molecule has 0 radical (unpaired) electrons. The number of hydrogen-bond acceptors (Lipinski definition) is 4. The summed E-state index contributed by atoms with van der Waals surface area (Å²) in [6.07, 6.45) is 4.55. The highest BCUT2D eigenvalue weighted by atomic mass is 16.5. The Kier molecular flexibility index (Phi) is 4.96. The van der Waals surface area contributed by atoms with Crippen LogP contribution in [0, 0.1) is 11.8 Å². The molecule has 0 spiro atoms. The van der Waals surface area contributed by atoms with Gasteiger partial charge in [0, 0.05) is 35.1 Å². The van der Waals surface area contributed by atoms with Crippen LogP contribution in [0.15, 0.2) is 36.9 Å². The molecule has 3 aliphatic heterocycles. The molecule has 0 amide bonds. The Hall–Kier alpha value is -1.91. The molecule has 5 atom stereocenters. The van der Waals surface area contributed by atoms with E-state index in [2.05, 4.69) is 56.5 Å². The van der Waals surface area contributed by atoms with Gasteiger partial charge < -0.3 is 10.5 Å². The Bertz CT molecular complexity index is 885. The second-order valence-corrected chi connectivity index (χ2v) is 9.50. The van der Waals surface area contributed by atoms with Crippen LogP contribution >= 0.6 is 0 Å². The zero-order valence-corrected chi connectivity index (χ0v) is 17.6. The van der Waals surface area contributed by atoms with Crippen molar-refractivity contribution >= 4 is 10.9 Å². The number of ether oxygens (including phenoxy) is 1. The molecule has 1 aromatic heterocycles. The Labute approximate surface area is 168 Å². The fourth-order valence-corrected chi connectivity index (χ4v) is 4.98. The summed E-state index contributed by atoms with van der Waals surface area (Å²) in [5.74, 6) is 2.17. The molecule has 1 aromatic carbocycles. The van der Waals surface area contributed by atoms with Crippen LogP contribution in [0.5, 0.6) is 5.75 Å². The molecule has 4 heterocycles. The summed E-state index contributed by atoms with van der Waals surface area (Å²) in [5.41, 5.74) is 10.2. The first-order chi connectivity index (χ1) is 13.3. The number of nitrogens with zero attached hydrogens (tertiary/aromatic N) is 2. The third-order valence-corrected chi connectivity index (χ3v) is 6.74. The number of nitrogens with two attached hydrogens (primary N) is 1. The number of aromatic nitrogens is 1. The number of piperidine rings is 3. The maximum Gasteiger partial charge on any atom is 0.119 e. The highest BCUT2D eigenvalue weighted by Gasteiger charge is 2.42. The smallest absolute Gasteiger partial charge is 0.119 e. The molecule has 4 nitrogen and oxygen atoms in total. The van der Waals surface area contributed by atoms with Crippen molar-refractivity contribution in [3.63, 3.8) is 0 Å². The predicted molar refractivity (Wildman–Crippen MR) is 116 cm³/mol. The molecule has 5 rings (SSSR count). The minimum atomic E-state index is -0.0349. The van der Waals surface area contributed by atoms with Gasteiger partial charge in [0.05, 0.1) is 12.6 Å². The molecule has 3 aliphatic rings. The lowest BCUT2D eigenvalue weighted by atomic mass is 9.73. The quantitative estimate of drug-likeness (QED) is 0.798. The first kappa shape index (κ1) is 19.4. The van der Waals surface area contributed by atoms with Gasteiger partial charge in [-0.15, -0.1) is 6.58 Å². The second-order valence-electron chi connectivity index (χ2n) is 9.50. The zero-order chi connectivity index (χ0) is 20.1. The summed E-state index contributed by atoms with van der Waals surface area (Å²) in [6.45, 7) is 12.9. The van der Waals surface area contributed by atoms with Gasteiger partial charge in [-0.3, -0.25) is 9.88 Å². The average Bonchev–Trinajstić information content (AvgIpc) is 2.71. The van der Waals surface area contributed by atoms with Gasteiger partial charge in [0.15, 0.2) is 0 Å². The van der Waals surface area contributed by atoms with Gasteiger partial charge in [0.1, 0.15) is 5.75 Å². The van der Waals surface area contributed by atoms with E-state index in [1.54, 1.807) is 7.11 Å². The van der Waals surface area contributed by atoms with Gasteiger partial charge in [-0.1, -0.05) is 26.8 Å². The fourth-order valence-electron chi connectivity index (χ4n) is 4.98. The van der Waals surface area contributed by atoms with Crippen LogP contribution in [0.25, 0.3) is 10.9 Å². The van der Waals surface area contributed by atoms with Gasteiger partial charge >= 0.3 is 0 Å². The van der Waals surface area contributed by atoms with E-state index in [9.17, 15) is 0 Å². The van der Waals surface area contributed by atoms with Gasteiger partial charge in [-0.05, 0) is 61.1 Å². The van der Waals surface area contributed by atoms with E-state index < -0.39 is 0 Å². The molecule has 150 valence electrons. The van der Waals surface area contributed by atoms with Crippen molar-refractivity contribution in [1.82, 2.24) is 9.88 Å². The molecule has 28 heavy (non-hydrogen) atoms. The molecule has 2 aromatic rings. The van der Waals surface area contributed by atoms with Gasteiger partial charge in [0.25, 0.3) is 0 Å². The molecule has 1 unspecified atom stereocenters. The third kappa shape index (κ3) is 3.33. The molecule has 2 bridgehead atoms.